The number of anilines is 1. The fourth-order valence-corrected chi connectivity index (χ4v) is 3.85. The lowest BCUT2D eigenvalue weighted by Gasteiger charge is -2.24. The highest BCUT2D eigenvalue weighted by Crippen LogP contribution is 2.20. The van der Waals surface area contributed by atoms with Crippen LogP contribution in [0.2, 0.25) is 0 Å². The highest BCUT2D eigenvalue weighted by Gasteiger charge is 2.34. The van der Waals surface area contributed by atoms with Crippen LogP contribution in [0.1, 0.15) is 12.8 Å². The average molecular weight is 410 g/mol. The molecule has 3 heterocycles. The van der Waals surface area contributed by atoms with Gasteiger partial charge < -0.3 is 14.8 Å². The van der Waals surface area contributed by atoms with Crippen LogP contribution in [0.4, 0.5) is 5.69 Å². The normalized spacial score (nSPS) is 16.2. The second kappa shape index (κ2) is 7.62. The number of nitrogens with one attached hydrogen (secondary N) is 1. The van der Waals surface area contributed by atoms with E-state index in [1.54, 1.807) is 19.2 Å². The molecule has 3 aromatic rings. The van der Waals surface area contributed by atoms with Gasteiger partial charge >= 0.3 is 5.69 Å². The van der Waals surface area contributed by atoms with Gasteiger partial charge in [-0.15, -0.1) is 0 Å². The number of fused-ring (bicyclic) bond motifs is 1. The Labute approximate surface area is 171 Å². The van der Waals surface area contributed by atoms with Crippen LogP contribution in [0.5, 0.6) is 0 Å². The number of carbonyl (C=O) groups is 2. The summed E-state index contributed by atoms with van der Waals surface area (Å²) < 4.78 is 3.66. The van der Waals surface area contributed by atoms with Crippen molar-refractivity contribution in [1.82, 2.24) is 23.6 Å². The Kier molecular flexibility index (Phi) is 4.98. The lowest BCUT2D eigenvalue weighted by Crippen LogP contribution is -2.48. The standard InChI is InChI=1S/C20H22N6O4/c1-23-12-21-17-16(23)19(29)26(20(30)24(17)2)11-15(27)25-10-6-9-14(25)18(28)22-13-7-4-3-5-8-13/h3-5,7-8,12,14H,6,9-11H2,1-2H3,(H,22,28)/t14-/m0/s1. The molecule has 156 valence electrons. The molecular formula is C20H22N6O4. The predicted octanol–water partition coefficient (Wildman–Crippen LogP) is 0.0634. The molecule has 0 bridgehead atoms. The molecule has 1 fully saturated rings. The molecule has 1 N–H and O–H groups in total. The van der Waals surface area contributed by atoms with E-state index in [0.717, 1.165) is 4.57 Å². The quantitative estimate of drug-likeness (QED) is 0.654. The van der Waals surface area contributed by atoms with Crippen LogP contribution >= 0.6 is 0 Å². The van der Waals surface area contributed by atoms with Gasteiger partial charge in [0.25, 0.3) is 5.56 Å². The van der Waals surface area contributed by atoms with Gasteiger partial charge in [-0.2, -0.15) is 0 Å². The first-order valence-corrected chi connectivity index (χ1v) is 9.64. The van der Waals surface area contributed by atoms with Crippen LogP contribution in [0, 0.1) is 0 Å². The fourth-order valence-electron chi connectivity index (χ4n) is 3.85. The van der Waals surface area contributed by atoms with Crippen molar-refractivity contribution in [2.24, 2.45) is 14.1 Å². The summed E-state index contributed by atoms with van der Waals surface area (Å²) in [5.41, 5.74) is -0.0503. The molecular weight excluding hydrogens is 388 g/mol. The van der Waals surface area contributed by atoms with Crippen LogP contribution in [0.25, 0.3) is 11.2 Å². The van der Waals surface area contributed by atoms with E-state index in [0.29, 0.717) is 25.1 Å². The lowest BCUT2D eigenvalue weighted by atomic mass is 10.2. The molecule has 10 heteroatoms. The molecule has 30 heavy (non-hydrogen) atoms. The van der Waals surface area contributed by atoms with E-state index in [4.69, 9.17) is 0 Å². The Hall–Kier alpha value is -3.69. The Balaban J connectivity index is 1.59. The third kappa shape index (κ3) is 3.30. The van der Waals surface area contributed by atoms with Crippen molar-refractivity contribution in [3.05, 3.63) is 57.5 Å². The number of amides is 2. The highest BCUT2D eigenvalue weighted by atomic mass is 16.2. The monoisotopic (exact) mass is 410 g/mol. The van der Waals surface area contributed by atoms with Crippen molar-refractivity contribution >= 4 is 28.7 Å². The number of rotatable bonds is 4. The molecule has 1 saturated heterocycles. The third-order valence-electron chi connectivity index (χ3n) is 5.41. The zero-order valence-electron chi connectivity index (χ0n) is 16.7. The van der Waals surface area contributed by atoms with Gasteiger partial charge in [0.05, 0.1) is 6.33 Å². The first-order valence-electron chi connectivity index (χ1n) is 9.64. The van der Waals surface area contributed by atoms with E-state index >= 15 is 0 Å². The summed E-state index contributed by atoms with van der Waals surface area (Å²) in [4.78, 5) is 56.7. The second-order valence-electron chi connectivity index (χ2n) is 7.36. The third-order valence-corrected chi connectivity index (χ3v) is 5.41. The lowest BCUT2D eigenvalue weighted by molar-refractivity contribution is -0.137. The topological polar surface area (TPSA) is 111 Å². The van der Waals surface area contributed by atoms with E-state index in [1.807, 2.05) is 18.2 Å². The van der Waals surface area contributed by atoms with Crippen molar-refractivity contribution in [2.75, 3.05) is 11.9 Å². The number of nitrogens with zero attached hydrogens (tertiary/aromatic N) is 5. The van der Waals surface area contributed by atoms with Gasteiger partial charge in [0.1, 0.15) is 12.6 Å². The molecule has 1 aliphatic rings. The summed E-state index contributed by atoms with van der Waals surface area (Å²) in [6.45, 7) is -0.0313. The van der Waals surface area contributed by atoms with Crippen molar-refractivity contribution in [2.45, 2.75) is 25.4 Å². The van der Waals surface area contributed by atoms with Crippen LogP contribution in [0.15, 0.2) is 46.2 Å². The summed E-state index contributed by atoms with van der Waals surface area (Å²) in [5, 5.41) is 2.81. The summed E-state index contributed by atoms with van der Waals surface area (Å²) in [6, 6.07) is 8.36. The minimum atomic E-state index is -0.641. The number of imidazole rings is 1. The fraction of sp³-hybridized carbons (Fsp3) is 0.350. The largest absolute Gasteiger partial charge is 0.332 e. The van der Waals surface area contributed by atoms with E-state index in [1.165, 1.54) is 27.4 Å². The molecule has 0 unspecified atom stereocenters. The van der Waals surface area contributed by atoms with Gasteiger partial charge in [0.2, 0.25) is 11.8 Å². The summed E-state index contributed by atoms with van der Waals surface area (Å²) in [5.74, 6) is -0.726. The number of benzene rings is 1. The number of para-hydroxylation sites is 1. The first kappa shape index (κ1) is 19.6. The maximum absolute atomic E-state index is 13.0. The van der Waals surface area contributed by atoms with Gasteiger partial charge in [0.15, 0.2) is 11.2 Å². The zero-order valence-corrected chi connectivity index (χ0v) is 16.7. The number of aromatic nitrogens is 4. The van der Waals surface area contributed by atoms with E-state index in [9.17, 15) is 19.2 Å². The van der Waals surface area contributed by atoms with Crippen LogP contribution in [-0.4, -0.2) is 48.0 Å². The maximum atomic E-state index is 13.0. The highest BCUT2D eigenvalue weighted by molar-refractivity contribution is 5.97. The van der Waals surface area contributed by atoms with Crippen LogP contribution < -0.4 is 16.6 Å². The van der Waals surface area contributed by atoms with Crippen molar-refractivity contribution in [3.8, 4) is 0 Å². The molecule has 10 nitrogen and oxygen atoms in total. The Morgan fingerprint density at radius 2 is 1.90 bits per heavy atom. The number of likely N-dealkylation sites (tertiary alicyclic amines) is 1. The molecule has 1 aliphatic heterocycles. The molecule has 0 aliphatic carbocycles. The summed E-state index contributed by atoms with van der Waals surface area (Å²) in [6.07, 6.45) is 2.65. The molecule has 1 aromatic carbocycles. The average Bonchev–Trinajstić information content (AvgIpc) is 3.37. The molecule has 0 spiro atoms. The number of aryl methyl sites for hydroxylation is 2. The van der Waals surface area contributed by atoms with E-state index < -0.39 is 29.7 Å². The Morgan fingerprint density at radius 1 is 1.17 bits per heavy atom. The van der Waals surface area contributed by atoms with Gasteiger partial charge in [0, 0.05) is 26.3 Å². The minimum absolute atomic E-state index is 0.240. The Morgan fingerprint density at radius 3 is 2.63 bits per heavy atom. The zero-order chi connectivity index (χ0) is 21.4. The minimum Gasteiger partial charge on any atom is -0.329 e. The molecule has 0 radical (unpaired) electrons. The van der Waals surface area contributed by atoms with Gasteiger partial charge in [-0.3, -0.25) is 19.0 Å². The Bertz CT molecular complexity index is 1240. The first-order chi connectivity index (χ1) is 14.4. The summed E-state index contributed by atoms with van der Waals surface area (Å²) in [7, 11) is 3.15. The molecule has 0 saturated carbocycles. The number of carbonyl (C=O) groups excluding carboxylic acids is 2. The van der Waals surface area contributed by atoms with Gasteiger partial charge in [-0.05, 0) is 25.0 Å². The summed E-state index contributed by atoms with van der Waals surface area (Å²) >= 11 is 0. The number of hydrogen-bond acceptors (Lipinski definition) is 5. The van der Waals surface area contributed by atoms with Gasteiger partial charge in [-0.1, -0.05) is 18.2 Å². The van der Waals surface area contributed by atoms with Crippen molar-refractivity contribution < 1.29 is 9.59 Å². The van der Waals surface area contributed by atoms with Crippen molar-refractivity contribution in [1.29, 1.82) is 0 Å². The van der Waals surface area contributed by atoms with Crippen LogP contribution in [0.3, 0.4) is 0 Å². The molecule has 4 rings (SSSR count). The molecule has 2 aromatic heterocycles. The van der Waals surface area contributed by atoms with Crippen LogP contribution in [-0.2, 0) is 30.2 Å². The molecule has 2 amide bonds. The predicted molar refractivity (Wildman–Crippen MR) is 110 cm³/mol. The van der Waals surface area contributed by atoms with Gasteiger partial charge in [-0.25, -0.2) is 14.3 Å². The van der Waals surface area contributed by atoms with Crippen molar-refractivity contribution in [3.63, 3.8) is 0 Å². The van der Waals surface area contributed by atoms with E-state index in [2.05, 4.69) is 10.3 Å². The smallest absolute Gasteiger partial charge is 0.329 e. The second-order valence-corrected chi connectivity index (χ2v) is 7.36. The molecule has 1 atom stereocenters. The van der Waals surface area contributed by atoms with E-state index in [-0.39, 0.29) is 17.1 Å². The SMILES string of the molecule is Cn1cnc2c1c(=O)n(CC(=O)N1CCC[C@H]1C(=O)Nc1ccccc1)c(=O)n2C. The number of hydrogen-bond donors (Lipinski definition) is 1. The maximum Gasteiger partial charge on any atom is 0.332 e.